The largest absolute Gasteiger partial charge is 0.468 e. The summed E-state index contributed by atoms with van der Waals surface area (Å²) in [4.78, 5) is 14.1. The number of carbonyl (C=O) groups is 1. The van der Waals surface area contributed by atoms with Crippen LogP contribution in [-0.2, 0) is 22.6 Å². The molecule has 0 bridgehead atoms. The molecule has 2 N–H and O–H groups in total. The van der Waals surface area contributed by atoms with Crippen molar-refractivity contribution in [2.45, 2.75) is 45.3 Å². The summed E-state index contributed by atoms with van der Waals surface area (Å²) in [6.45, 7) is 4.43. The lowest BCUT2D eigenvalue weighted by molar-refractivity contribution is -0.148. The number of hydrogen-bond acceptors (Lipinski definition) is 4. The van der Waals surface area contributed by atoms with Gasteiger partial charge in [-0.1, -0.05) is 24.6 Å². The second-order valence-corrected chi connectivity index (χ2v) is 5.47. The molecule has 0 aromatic heterocycles. The Kier molecular flexibility index (Phi) is 5.15. The predicted octanol–water partition coefficient (Wildman–Crippen LogP) is 1.98. The molecule has 4 heteroatoms. The minimum atomic E-state index is -0.110. The number of nitrogens with two attached hydrogens (primary N) is 1. The molecule has 1 atom stereocenters. The van der Waals surface area contributed by atoms with E-state index in [0.29, 0.717) is 6.54 Å². The molecular formula is C16H24N2O2. The highest BCUT2D eigenvalue weighted by atomic mass is 16.5. The maximum Gasteiger partial charge on any atom is 0.323 e. The molecule has 1 saturated heterocycles. The molecule has 0 aliphatic carbocycles. The van der Waals surface area contributed by atoms with E-state index in [1.54, 1.807) is 0 Å². The maximum absolute atomic E-state index is 11.9. The molecular weight excluding hydrogens is 252 g/mol. The van der Waals surface area contributed by atoms with E-state index in [0.717, 1.165) is 37.9 Å². The summed E-state index contributed by atoms with van der Waals surface area (Å²) in [5.74, 6) is -0.110. The third-order valence-electron chi connectivity index (χ3n) is 4.10. The smallest absolute Gasteiger partial charge is 0.323 e. The van der Waals surface area contributed by atoms with Crippen molar-refractivity contribution in [2.75, 3.05) is 13.7 Å². The second-order valence-electron chi connectivity index (χ2n) is 5.47. The monoisotopic (exact) mass is 276 g/mol. The van der Waals surface area contributed by atoms with Crippen LogP contribution in [0.15, 0.2) is 18.2 Å². The molecule has 1 aliphatic heterocycles. The second kappa shape index (κ2) is 6.86. The van der Waals surface area contributed by atoms with E-state index in [-0.39, 0.29) is 12.0 Å². The van der Waals surface area contributed by atoms with Crippen LogP contribution >= 0.6 is 0 Å². The van der Waals surface area contributed by atoms with E-state index < -0.39 is 0 Å². The highest BCUT2D eigenvalue weighted by molar-refractivity contribution is 5.75. The first kappa shape index (κ1) is 15.0. The van der Waals surface area contributed by atoms with E-state index >= 15 is 0 Å². The number of ether oxygens (including phenoxy) is 1. The molecule has 0 amide bonds. The molecule has 1 aliphatic rings. The number of likely N-dealkylation sites (tertiary alicyclic amines) is 1. The summed E-state index contributed by atoms with van der Waals surface area (Å²) < 4.78 is 4.93. The average Bonchev–Trinajstić information content (AvgIpc) is 2.49. The van der Waals surface area contributed by atoms with Crippen LogP contribution < -0.4 is 5.73 Å². The zero-order valence-corrected chi connectivity index (χ0v) is 12.4. The lowest BCUT2D eigenvalue weighted by atomic mass is 9.99. The Balaban J connectivity index is 2.12. The molecule has 1 aromatic carbocycles. The number of hydrogen-bond donors (Lipinski definition) is 1. The Morgan fingerprint density at radius 1 is 1.45 bits per heavy atom. The SMILES string of the molecule is COC(=O)C1CCCCN1Cc1ccc(CN)cc1C. The molecule has 1 aromatic rings. The first-order valence-electron chi connectivity index (χ1n) is 7.26. The number of benzene rings is 1. The fraction of sp³-hybridized carbons (Fsp3) is 0.562. The predicted molar refractivity (Wildman–Crippen MR) is 79.1 cm³/mol. The molecule has 4 nitrogen and oxygen atoms in total. The Hall–Kier alpha value is -1.39. The maximum atomic E-state index is 11.9. The lowest BCUT2D eigenvalue weighted by Gasteiger charge is -2.34. The van der Waals surface area contributed by atoms with Gasteiger partial charge in [-0.25, -0.2) is 0 Å². The van der Waals surface area contributed by atoms with Crippen molar-refractivity contribution in [3.8, 4) is 0 Å². The summed E-state index contributed by atoms with van der Waals surface area (Å²) in [5, 5.41) is 0. The molecule has 1 unspecified atom stereocenters. The van der Waals surface area contributed by atoms with Crippen molar-refractivity contribution < 1.29 is 9.53 Å². The quantitative estimate of drug-likeness (QED) is 0.854. The molecule has 110 valence electrons. The van der Waals surface area contributed by atoms with Crippen LogP contribution in [0, 0.1) is 6.92 Å². The van der Waals surface area contributed by atoms with E-state index in [1.165, 1.54) is 18.2 Å². The fourth-order valence-electron chi connectivity index (χ4n) is 2.86. The Morgan fingerprint density at radius 3 is 2.90 bits per heavy atom. The van der Waals surface area contributed by atoms with Gasteiger partial charge in [-0.05, 0) is 43.0 Å². The minimum absolute atomic E-state index is 0.0951. The minimum Gasteiger partial charge on any atom is -0.468 e. The van der Waals surface area contributed by atoms with E-state index in [2.05, 4.69) is 30.0 Å². The van der Waals surface area contributed by atoms with Crippen LogP contribution in [0.25, 0.3) is 0 Å². The van der Waals surface area contributed by atoms with Crippen LogP contribution in [0.1, 0.15) is 36.0 Å². The topological polar surface area (TPSA) is 55.6 Å². The van der Waals surface area contributed by atoms with Crippen LogP contribution in [-0.4, -0.2) is 30.6 Å². The molecule has 20 heavy (non-hydrogen) atoms. The number of rotatable bonds is 4. The van der Waals surface area contributed by atoms with Crippen LogP contribution in [0.2, 0.25) is 0 Å². The number of carbonyl (C=O) groups excluding carboxylic acids is 1. The number of piperidine rings is 1. The summed E-state index contributed by atoms with van der Waals surface area (Å²) >= 11 is 0. The zero-order valence-electron chi connectivity index (χ0n) is 12.4. The van der Waals surface area contributed by atoms with Gasteiger partial charge >= 0.3 is 5.97 Å². The average molecular weight is 276 g/mol. The van der Waals surface area contributed by atoms with Gasteiger partial charge in [-0.15, -0.1) is 0 Å². The van der Waals surface area contributed by atoms with Gasteiger partial charge in [0.05, 0.1) is 7.11 Å². The van der Waals surface area contributed by atoms with Crippen LogP contribution in [0.5, 0.6) is 0 Å². The van der Waals surface area contributed by atoms with Gasteiger partial charge in [-0.3, -0.25) is 9.69 Å². The Bertz CT molecular complexity index is 474. The summed E-state index contributed by atoms with van der Waals surface area (Å²) in [6.07, 6.45) is 3.14. The van der Waals surface area contributed by atoms with Crippen molar-refractivity contribution in [1.29, 1.82) is 0 Å². The lowest BCUT2D eigenvalue weighted by Crippen LogP contribution is -2.44. The molecule has 1 heterocycles. The fourth-order valence-corrected chi connectivity index (χ4v) is 2.86. The van der Waals surface area contributed by atoms with E-state index in [4.69, 9.17) is 10.5 Å². The highest BCUT2D eigenvalue weighted by Crippen LogP contribution is 2.22. The van der Waals surface area contributed by atoms with E-state index in [1.807, 2.05) is 0 Å². The van der Waals surface area contributed by atoms with Gasteiger partial charge in [0.2, 0.25) is 0 Å². The third kappa shape index (κ3) is 3.38. The summed E-state index contributed by atoms with van der Waals surface area (Å²) in [7, 11) is 1.47. The van der Waals surface area contributed by atoms with Crippen molar-refractivity contribution in [1.82, 2.24) is 4.90 Å². The van der Waals surface area contributed by atoms with Crippen molar-refractivity contribution in [2.24, 2.45) is 5.73 Å². The first-order chi connectivity index (χ1) is 9.65. The van der Waals surface area contributed by atoms with Crippen LogP contribution in [0.3, 0.4) is 0 Å². The zero-order chi connectivity index (χ0) is 14.5. The summed E-state index contributed by atoms with van der Waals surface area (Å²) in [6, 6.07) is 6.23. The highest BCUT2D eigenvalue weighted by Gasteiger charge is 2.29. The Morgan fingerprint density at radius 2 is 2.25 bits per heavy atom. The Labute approximate surface area is 120 Å². The van der Waals surface area contributed by atoms with E-state index in [9.17, 15) is 4.79 Å². The van der Waals surface area contributed by atoms with Gasteiger partial charge in [-0.2, -0.15) is 0 Å². The standard InChI is InChI=1S/C16H24N2O2/c1-12-9-13(10-17)6-7-14(12)11-18-8-4-3-5-15(18)16(19)20-2/h6-7,9,15H,3-5,8,10-11,17H2,1-2H3. The summed E-state index contributed by atoms with van der Waals surface area (Å²) in [5.41, 5.74) is 9.31. The molecule has 0 radical (unpaired) electrons. The number of nitrogens with zero attached hydrogens (tertiary/aromatic N) is 1. The van der Waals surface area contributed by atoms with Gasteiger partial charge in [0, 0.05) is 13.1 Å². The van der Waals surface area contributed by atoms with Crippen LogP contribution in [0.4, 0.5) is 0 Å². The normalized spacial score (nSPS) is 19.9. The van der Waals surface area contributed by atoms with Crippen molar-refractivity contribution >= 4 is 5.97 Å². The first-order valence-corrected chi connectivity index (χ1v) is 7.26. The molecule has 0 spiro atoms. The van der Waals surface area contributed by atoms with Gasteiger partial charge in [0.15, 0.2) is 0 Å². The van der Waals surface area contributed by atoms with Gasteiger partial charge in [0.1, 0.15) is 6.04 Å². The van der Waals surface area contributed by atoms with Crippen molar-refractivity contribution in [3.05, 3.63) is 34.9 Å². The van der Waals surface area contributed by atoms with Gasteiger partial charge < -0.3 is 10.5 Å². The molecule has 2 rings (SSSR count). The molecule has 1 fully saturated rings. The number of methoxy groups -OCH3 is 1. The van der Waals surface area contributed by atoms with Crippen molar-refractivity contribution in [3.63, 3.8) is 0 Å². The molecule has 0 saturated carbocycles. The number of esters is 1. The van der Waals surface area contributed by atoms with Gasteiger partial charge in [0.25, 0.3) is 0 Å². The third-order valence-corrected chi connectivity index (χ3v) is 4.10. The number of aryl methyl sites for hydroxylation is 1.